The molecule has 4 rings (SSSR count). The van der Waals surface area contributed by atoms with Crippen LogP contribution in [-0.4, -0.2) is 18.2 Å². The summed E-state index contributed by atoms with van der Waals surface area (Å²) in [7, 11) is -0.143. The van der Waals surface area contributed by atoms with Crippen LogP contribution in [0, 0.1) is 13.8 Å². The van der Waals surface area contributed by atoms with Crippen LogP contribution in [0.15, 0.2) is 60.7 Å². The minimum Gasteiger partial charge on any atom is -0.481 e. The van der Waals surface area contributed by atoms with E-state index in [0.29, 0.717) is 0 Å². The molecule has 4 heteroatoms. The summed E-state index contributed by atoms with van der Waals surface area (Å²) in [6.07, 6.45) is 0. The zero-order valence-corrected chi connectivity index (χ0v) is 18.9. The van der Waals surface area contributed by atoms with Crippen molar-refractivity contribution in [3.05, 3.63) is 71.8 Å². The molecule has 0 aliphatic heterocycles. The maximum absolute atomic E-state index is 12.1. The molecule has 0 atom stereocenters. The van der Waals surface area contributed by atoms with Gasteiger partial charge in [-0.1, -0.05) is 24.3 Å². The third kappa shape index (κ3) is 3.92. The Kier molecular flexibility index (Phi) is 5.29. The molecule has 30 heavy (non-hydrogen) atoms. The fourth-order valence-corrected chi connectivity index (χ4v) is 6.42. The van der Waals surface area contributed by atoms with Crippen LogP contribution in [0.3, 0.4) is 0 Å². The summed E-state index contributed by atoms with van der Waals surface area (Å²) in [5.41, 5.74) is 1.55. The lowest BCUT2D eigenvalue weighted by Crippen LogP contribution is -2.27. The Labute approximate surface area is 180 Å². The van der Waals surface area contributed by atoms with Crippen molar-refractivity contribution in [3.8, 4) is 10.6 Å². The second-order valence-corrected chi connectivity index (χ2v) is 10.5. The predicted octanol–water partition coefficient (Wildman–Crippen LogP) is 7.07. The Morgan fingerprint density at radius 3 is 1.87 bits per heavy atom. The number of carbonyl (C=O) groups excluding carboxylic acids is 1. The Bertz CT molecular complexity index is 1170. The summed E-state index contributed by atoms with van der Waals surface area (Å²) < 4.78 is 13.9. The second kappa shape index (κ2) is 7.77. The topological polar surface area (TPSA) is 35.5 Å². The highest BCUT2D eigenvalue weighted by Gasteiger charge is 2.25. The van der Waals surface area contributed by atoms with Gasteiger partial charge in [0, 0.05) is 33.4 Å². The van der Waals surface area contributed by atoms with Crippen molar-refractivity contribution >= 4 is 36.6 Å². The van der Waals surface area contributed by atoms with Crippen LogP contribution in [0.25, 0.3) is 25.1 Å². The molecule has 3 aromatic carbocycles. The lowest BCUT2D eigenvalue weighted by atomic mass is 10.1. The molecule has 0 aliphatic rings. The third-order valence-corrected chi connectivity index (χ3v) is 7.23. The van der Waals surface area contributed by atoms with Crippen molar-refractivity contribution < 1.29 is 14.3 Å². The quantitative estimate of drug-likeness (QED) is 0.262. The van der Waals surface area contributed by atoms with Crippen LogP contribution in [-0.2, 0) is 9.53 Å². The number of ether oxygens (including phenoxy) is 2. The van der Waals surface area contributed by atoms with E-state index in [4.69, 9.17) is 9.47 Å². The van der Waals surface area contributed by atoms with Crippen molar-refractivity contribution in [2.45, 2.75) is 40.2 Å². The van der Waals surface area contributed by atoms with Gasteiger partial charge in [0.25, 0.3) is 0 Å². The molecule has 0 spiro atoms. The van der Waals surface area contributed by atoms with Crippen LogP contribution >= 0.6 is 10.5 Å². The van der Waals surface area contributed by atoms with Gasteiger partial charge >= 0.3 is 5.97 Å². The third-order valence-electron chi connectivity index (χ3n) is 4.93. The molecule has 4 aromatic rings. The highest BCUT2D eigenvalue weighted by Crippen LogP contribution is 2.49. The van der Waals surface area contributed by atoms with Gasteiger partial charge in [-0.15, -0.1) is 0 Å². The van der Waals surface area contributed by atoms with Gasteiger partial charge in [0.2, 0.25) is 0 Å². The predicted molar refractivity (Wildman–Crippen MR) is 126 cm³/mol. The number of thiophene rings is 1. The smallest absolute Gasteiger partial charge is 0.344 e. The first-order chi connectivity index (χ1) is 14.2. The molecule has 1 aromatic heterocycles. The van der Waals surface area contributed by atoms with Gasteiger partial charge in [-0.3, -0.25) is 0 Å². The molecule has 0 saturated carbocycles. The van der Waals surface area contributed by atoms with E-state index in [-0.39, 0.29) is 23.0 Å². The number of hydrogen-bond donors (Lipinski definition) is 0. The molecule has 3 nitrogen and oxygen atoms in total. The first kappa shape index (κ1) is 20.4. The summed E-state index contributed by atoms with van der Waals surface area (Å²) in [6, 6.07) is 21.7. The highest BCUT2D eigenvalue weighted by molar-refractivity contribution is 7.50. The van der Waals surface area contributed by atoms with Gasteiger partial charge in [-0.25, -0.2) is 4.79 Å². The molecule has 0 bridgehead atoms. The number of aryl methyl sites for hydroxylation is 2. The van der Waals surface area contributed by atoms with E-state index in [1.165, 1.54) is 25.1 Å². The molecule has 1 heterocycles. The molecule has 0 N–H and O–H groups in total. The Morgan fingerprint density at radius 2 is 1.37 bits per heavy atom. The van der Waals surface area contributed by atoms with Crippen LogP contribution < -0.4 is 4.74 Å². The first-order valence-electron chi connectivity index (χ1n) is 10.1. The SMILES string of the molecule is Cc1cc(-[s+]2c3ccccc3c3ccccc32)cc(C)c1OCC(=O)OC(C)(C)C. The van der Waals surface area contributed by atoms with Crippen LogP contribution in [0.1, 0.15) is 31.9 Å². The monoisotopic (exact) mass is 419 g/mol. The molecule has 0 saturated heterocycles. The Hall–Kier alpha value is -2.85. The summed E-state index contributed by atoms with van der Waals surface area (Å²) in [6.45, 7) is 9.56. The van der Waals surface area contributed by atoms with E-state index in [2.05, 4.69) is 60.7 Å². The average molecular weight is 420 g/mol. The zero-order valence-electron chi connectivity index (χ0n) is 18.1. The number of rotatable bonds is 4. The summed E-state index contributed by atoms with van der Waals surface area (Å²) in [5, 5.41) is 2.63. The first-order valence-corrected chi connectivity index (χ1v) is 11.4. The van der Waals surface area contributed by atoms with E-state index in [0.717, 1.165) is 16.9 Å². The van der Waals surface area contributed by atoms with Gasteiger partial charge in [0.15, 0.2) is 20.9 Å². The lowest BCUT2D eigenvalue weighted by molar-refractivity contribution is -0.157. The van der Waals surface area contributed by atoms with Crippen molar-refractivity contribution in [1.82, 2.24) is 0 Å². The fourth-order valence-electron chi connectivity index (χ4n) is 3.86. The van der Waals surface area contributed by atoms with Crippen molar-refractivity contribution in [1.29, 1.82) is 0 Å². The van der Waals surface area contributed by atoms with Gasteiger partial charge in [0.1, 0.15) is 11.4 Å². The summed E-state index contributed by atoms with van der Waals surface area (Å²) in [5.74, 6) is 0.403. The molecule has 154 valence electrons. The molecular formula is C26H27O3S+. The molecule has 0 fully saturated rings. The minimum atomic E-state index is -0.515. The molecule has 0 amide bonds. The maximum Gasteiger partial charge on any atom is 0.344 e. The molecule has 0 unspecified atom stereocenters. The van der Waals surface area contributed by atoms with Crippen molar-refractivity contribution in [3.63, 3.8) is 0 Å². The second-order valence-electron chi connectivity index (χ2n) is 8.56. The minimum absolute atomic E-state index is 0.0876. The number of carbonyl (C=O) groups is 1. The van der Waals surface area contributed by atoms with Crippen molar-refractivity contribution in [2.75, 3.05) is 6.61 Å². The summed E-state index contributed by atoms with van der Waals surface area (Å²) >= 11 is 0. The molecular weight excluding hydrogens is 392 g/mol. The number of fused-ring (bicyclic) bond motifs is 3. The van der Waals surface area contributed by atoms with E-state index < -0.39 is 5.60 Å². The lowest BCUT2D eigenvalue weighted by Gasteiger charge is -2.20. The van der Waals surface area contributed by atoms with E-state index in [1.807, 2.05) is 34.6 Å². The standard InChI is InChI=1S/C26H27O3S/c1-17-14-19(15-18(2)25(17)28-16-24(27)29-26(3,4)5)30-22-12-8-6-10-20(22)21-11-7-9-13-23(21)30/h6-15H,16H2,1-5H3/q+1. The number of esters is 1. The highest BCUT2D eigenvalue weighted by atomic mass is 32.2. The van der Waals surface area contributed by atoms with Gasteiger partial charge in [-0.05, 0) is 70.0 Å². The summed E-state index contributed by atoms with van der Waals surface area (Å²) in [4.78, 5) is 13.3. The number of hydrogen-bond acceptors (Lipinski definition) is 3. The van der Waals surface area contributed by atoms with E-state index in [1.54, 1.807) is 0 Å². The maximum atomic E-state index is 12.1. The zero-order chi connectivity index (χ0) is 21.5. The van der Waals surface area contributed by atoms with E-state index >= 15 is 0 Å². The Balaban J connectivity index is 1.73. The normalized spacial score (nSPS) is 11.8. The van der Waals surface area contributed by atoms with Crippen LogP contribution in [0.5, 0.6) is 5.75 Å². The van der Waals surface area contributed by atoms with Crippen molar-refractivity contribution in [2.24, 2.45) is 0 Å². The fraction of sp³-hybridized carbons (Fsp3) is 0.269. The van der Waals surface area contributed by atoms with E-state index in [9.17, 15) is 4.79 Å². The van der Waals surface area contributed by atoms with Gasteiger partial charge in [0.05, 0.1) is 0 Å². The van der Waals surface area contributed by atoms with Crippen LogP contribution in [0.4, 0.5) is 0 Å². The van der Waals surface area contributed by atoms with Gasteiger partial charge in [-0.2, -0.15) is 0 Å². The largest absolute Gasteiger partial charge is 0.481 e. The average Bonchev–Trinajstić information content (AvgIpc) is 3.00. The van der Waals surface area contributed by atoms with Crippen LogP contribution in [0.2, 0.25) is 0 Å². The molecule has 0 aliphatic carbocycles. The number of benzene rings is 3. The van der Waals surface area contributed by atoms with Gasteiger partial charge < -0.3 is 9.47 Å². The Morgan fingerprint density at radius 1 is 0.867 bits per heavy atom. The molecule has 0 radical (unpaired) electrons.